The van der Waals surface area contributed by atoms with Crippen LogP contribution in [0.15, 0.2) is 84.1 Å². The zero-order valence-electron chi connectivity index (χ0n) is 19.7. The summed E-state index contributed by atoms with van der Waals surface area (Å²) in [7, 11) is 1.62. The molecule has 2 N–H and O–H groups in total. The molecule has 0 saturated carbocycles. The van der Waals surface area contributed by atoms with Crippen molar-refractivity contribution in [3.05, 3.63) is 84.6 Å². The number of aromatic amines is 1. The number of nitrogens with zero attached hydrogens (tertiary/aromatic N) is 3. The molecule has 5 rings (SSSR count). The molecule has 2 heterocycles. The molecule has 0 fully saturated rings. The smallest absolute Gasteiger partial charge is 0.234 e. The molecule has 0 spiro atoms. The third kappa shape index (κ3) is 4.73. The number of H-pyrrole nitrogens is 1. The first-order valence-corrected chi connectivity index (χ1v) is 12.2. The van der Waals surface area contributed by atoms with Gasteiger partial charge in [-0.15, -0.1) is 10.2 Å². The molecule has 36 heavy (non-hydrogen) atoms. The van der Waals surface area contributed by atoms with E-state index < -0.39 is 0 Å². The number of carbonyl (C=O) groups is 2. The van der Waals surface area contributed by atoms with Gasteiger partial charge in [0.1, 0.15) is 5.75 Å². The molecule has 0 bridgehead atoms. The molecule has 0 saturated heterocycles. The van der Waals surface area contributed by atoms with Gasteiger partial charge in [0, 0.05) is 40.0 Å². The fourth-order valence-corrected chi connectivity index (χ4v) is 4.64. The van der Waals surface area contributed by atoms with Crippen LogP contribution in [0, 0.1) is 0 Å². The molecule has 0 radical (unpaired) electrons. The second-order valence-corrected chi connectivity index (χ2v) is 9.00. The van der Waals surface area contributed by atoms with Crippen LogP contribution in [0.3, 0.4) is 0 Å². The Kier molecular flexibility index (Phi) is 6.55. The van der Waals surface area contributed by atoms with Crippen molar-refractivity contribution in [3.63, 3.8) is 0 Å². The van der Waals surface area contributed by atoms with Gasteiger partial charge < -0.3 is 15.0 Å². The van der Waals surface area contributed by atoms with Crippen molar-refractivity contribution >= 4 is 40.0 Å². The predicted molar refractivity (Wildman–Crippen MR) is 141 cm³/mol. The number of Topliss-reactive ketones (excluding diaryl/α,β-unsaturated/α-hetero) is 1. The van der Waals surface area contributed by atoms with Gasteiger partial charge in [0.15, 0.2) is 16.8 Å². The van der Waals surface area contributed by atoms with E-state index in [0.29, 0.717) is 28.0 Å². The zero-order valence-corrected chi connectivity index (χ0v) is 20.5. The van der Waals surface area contributed by atoms with Crippen LogP contribution < -0.4 is 10.1 Å². The number of benzene rings is 3. The molecule has 0 unspecified atom stereocenters. The van der Waals surface area contributed by atoms with Gasteiger partial charge in [-0.1, -0.05) is 36.0 Å². The maximum absolute atomic E-state index is 12.7. The Balaban J connectivity index is 1.44. The molecule has 0 aliphatic rings. The molecule has 0 aliphatic heterocycles. The SMILES string of the molecule is COc1cccc(-n2c(SCC(=O)Nc3ccc(C(C)=O)cc3)nnc2-c2c[nH]c3ccccc23)c1. The number of carbonyl (C=O) groups excluding carboxylic acids is 2. The van der Waals surface area contributed by atoms with Crippen LogP contribution in [-0.4, -0.2) is 44.3 Å². The van der Waals surface area contributed by atoms with Crippen molar-refractivity contribution < 1.29 is 14.3 Å². The van der Waals surface area contributed by atoms with Crippen molar-refractivity contribution in [1.82, 2.24) is 19.7 Å². The van der Waals surface area contributed by atoms with E-state index in [9.17, 15) is 9.59 Å². The number of aromatic nitrogens is 4. The van der Waals surface area contributed by atoms with E-state index in [2.05, 4.69) is 20.5 Å². The Bertz CT molecular complexity index is 1560. The molecule has 5 aromatic rings. The highest BCUT2D eigenvalue weighted by atomic mass is 32.2. The summed E-state index contributed by atoms with van der Waals surface area (Å²) in [6, 6.07) is 22.4. The van der Waals surface area contributed by atoms with Gasteiger partial charge in [0.05, 0.1) is 18.6 Å². The Morgan fingerprint density at radius 2 is 1.83 bits per heavy atom. The molecule has 0 atom stereocenters. The van der Waals surface area contributed by atoms with Crippen LogP contribution >= 0.6 is 11.8 Å². The maximum Gasteiger partial charge on any atom is 0.234 e. The fourth-order valence-electron chi connectivity index (χ4n) is 3.89. The molecule has 180 valence electrons. The van der Waals surface area contributed by atoms with E-state index in [-0.39, 0.29) is 17.4 Å². The van der Waals surface area contributed by atoms with Crippen molar-refractivity contribution in [2.75, 3.05) is 18.2 Å². The molecule has 1 amide bonds. The lowest BCUT2D eigenvalue weighted by atomic mass is 10.1. The Labute approximate surface area is 211 Å². The average molecular weight is 498 g/mol. The highest BCUT2D eigenvalue weighted by Crippen LogP contribution is 2.33. The Hall–Kier alpha value is -4.37. The van der Waals surface area contributed by atoms with Crippen molar-refractivity contribution in [3.8, 4) is 22.8 Å². The Morgan fingerprint density at radius 1 is 1.03 bits per heavy atom. The average Bonchev–Trinajstić information content (AvgIpc) is 3.52. The van der Waals surface area contributed by atoms with Gasteiger partial charge >= 0.3 is 0 Å². The van der Waals surface area contributed by atoms with E-state index in [0.717, 1.165) is 22.2 Å². The van der Waals surface area contributed by atoms with E-state index in [1.807, 2.05) is 59.3 Å². The maximum atomic E-state index is 12.7. The van der Waals surface area contributed by atoms with Crippen molar-refractivity contribution in [2.45, 2.75) is 12.1 Å². The number of hydrogen-bond donors (Lipinski definition) is 2. The number of fused-ring (bicyclic) bond motifs is 1. The van der Waals surface area contributed by atoms with Crippen LogP contribution in [0.2, 0.25) is 0 Å². The van der Waals surface area contributed by atoms with Crippen molar-refractivity contribution in [1.29, 1.82) is 0 Å². The summed E-state index contributed by atoms with van der Waals surface area (Å²) in [5.74, 6) is 1.28. The number of hydrogen-bond acceptors (Lipinski definition) is 6. The minimum atomic E-state index is -0.190. The van der Waals surface area contributed by atoms with Crippen LogP contribution in [-0.2, 0) is 4.79 Å². The number of ketones is 1. The van der Waals surface area contributed by atoms with Crippen molar-refractivity contribution in [2.24, 2.45) is 0 Å². The zero-order chi connectivity index (χ0) is 25.1. The second-order valence-electron chi connectivity index (χ2n) is 8.06. The lowest BCUT2D eigenvalue weighted by Crippen LogP contribution is -2.14. The first-order chi connectivity index (χ1) is 17.5. The quantitative estimate of drug-likeness (QED) is 0.221. The Morgan fingerprint density at radius 3 is 2.61 bits per heavy atom. The lowest BCUT2D eigenvalue weighted by Gasteiger charge is -2.11. The number of anilines is 1. The second kappa shape index (κ2) is 10.1. The molecule has 9 heteroatoms. The largest absolute Gasteiger partial charge is 0.497 e. The van der Waals surface area contributed by atoms with E-state index in [4.69, 9.17) is 4.74 Å². The monoisotopic (exact) mass is 497 g/mol. The number of nitrogens with one attached hydrogen (secondary N) is 2. The van der Waals surface area contributed by atoms with Crippen LogP contribution in [0.5, 0.6) is 5.75 Å². The van der Waals surface area contributed by atoms with E-state index in [1.54, 1.807) is 31.4 Å². The molecule has 2 aromatic heterocycles. The summed E-state index contributed by atoms with van der Waals surface area (Å²) in [4.78, 5) is 27.4. The predicted octanol–water partition coefficient (Wildman–Crippen LogP) is 5.36. The summed E-state index contributed by atoms with van der Waals surface area (Å²) in [6.07, 6.45) is 1.91. The summed E-state index contributed by atoms with van der Waals surface area (Å²) < 4.78 is 7.36. The van der Waals surface area contributed by atoms with Crippen LogP contribution in [0.1, 0.15) is 17.3 Å². The minimum absolute atomic E-state index is 0.0219. The number of amides is 1. The fraction of sp³-hybridized carbons (Fsp3) is 0.111. The highest BCUT2D eigenvalue weighted by Gasteiger charge is 2.20. The van der Waals surface area contributed by atoms with Crippen LogP contribution in [0.4, 0.5) is 5.69 Å². The molecule has 0 aliphatic carbocycles. The summed E-state index contributed by atoms with van der Waals surface area (Å²) in [5, 5.41) is 13.4. The normalized spacial score (nSPS) is 10.9. The number of para-hydroxylation sites is 1. The van der Waals surface area contributed by atoms with E-state index in [1.165, 1.54) is 18.7 Å². The summed E-state index contributed by atoms with van der Waals surface area (Å²) in [6.45, 7) is 1.51. The lowest BCUT2D eigenvalue weighted by molar-refractivity contribution is -0.113. The van der Waals surface area contributed by atoms with Gasteiger partial charge in [-0.05, 0) is 49.4 Å². The summed E-state index contributed by atoms with van der Waals surface area (Å²) >= 11 is 1.29. The molecular formula is C27H23N5O3S. The molecule has 3 aromatic carbocycles. The third-order valence-electron chi connectivity index (χ3n) is 5.68. The van der Waals surface area contributed by atoms with Gasteiger partial charge in [0.2, 0.25) is 5.91 Å². The first-order valence-electron chi connectivity index (χ1n) is 11.2. The van der Waals surface area contributed by atoms with Gasteiger partial charge in [-0.3, -0.25) is 14.2 Å². The van der Waals surface area contributed by atoms with Crippen LogP contribution in [0.25, 0.3) is 28.0 Å². The minimum Gasteiger partial charge on any atom is -0.497 e. The number of ether oxygens (including phenoxy) is 1. The third-order valence-corrected chi connectivity index (χ3v) is 6.61. The summed E-state index contributed by atoms with van der Waals surface area (Å²) in [5.41, 5.74) is 3.94. The standard InChI is InChI=1S/C27H23N5O3S/c1-17(33)18-10-12-19(13-11-18)29-25(34)16-36-27-31-30-26(23-15-28-24-9-4-3-8-22(23)24)32(27)20-6-5-7-21(14-20)35-2/h3-15,28H,16H2,1-2H3,(H,29,34). The highest BCUT2D eigenvalue weighted by molar-refractivity contribution is 7.99. The number of thioether (sulfide) groups is 1. The van der Waals surface area contributed by atoms with Gasteiger partial charge in [-0.2, -0.15) is 0 Å². The first kappa shape index (κ1) is 23.4. The van der Waals surface area contributed by atoms with E-state index >= 15 is 0 Å². The topological polar surface area (TPSA) is 102 Å². The number of methoxy groups -OCH3 is 1. The molecule has 8 nitrogen and oxygen atoms in total. The van der Waals surface area contributed by atoms with Gasteiger partial charge in [-0.25, -0.2) is 0 Å². The molecular weight excluding hydrogens is 474 g/mol. The van der Waals surface area contributed by atoms with Gasteiger partial charge in [0.25, 0.3) is 0 Å². The number of rotatable bonds is 8.